The molecule has 0 unspecified atom stereocenters. The Bertz CT molecular complexity index is 499. The molecule has 5 nitrogen and oxygen atoms in total. The number of nitrogens with zero attached hydrogens (tertiary/aromatic N) is 2. The standard InChI is InChI=1S/C11H11N3O2S/c15-10-3-8(4-12-5-10)11(16)13-2-1-9-6-17-7-14-9/h3-7,15H,1-2H2,(H,13,16). The molecule has 2 aromatic rings. The molecule has 0 saturated carbocycles. The number of carbonyl (C=O) groups is 1. The SMILES string of the molecule is O=C(NCCc1cscn1)c1cncc(O)c1. The van der Waals surface area contributed by atoms with Crippen molar-refractivity contribution in [2.45, 2.75) is 6.42 Å². The molecule has 0 aliphatic heterocycles. The van der Waals surface area contributed by atoms with E-state index in [-0.39, 0.29) is 11.7 Å². The molecule has 0 spiro atoms. The lowest BCUT2D eigenvalue weighted by Crippen LogP contribution is -2.25. The van der Waals surface area contributed by atoms with Crippen LogP contribution in [-0.4, -0.2) is 27.5 Å². The summed E-state index contributed by atoms with van der Waals surface area (Å²) in [6, 6.07) is 1.38. The van der Waals surface area contributed by atoms with Gasteiger partial charge in [0.2, 0.25) is 0 Å². The van der Waals surface area contributed by atoms with Crippen LogP contribution >= 0.6 is 11.3 Å². The summed E-state index contributed by atoms with van der Waals surface area (Å²) in [7, 11) is 0. The third kappa shape index (κ3) is 3.25. The molecule has 2 aromatic heterocycles. The minimum Gasteiger partial charge on any atom is -0.506 e. The Labute approximate surface area is 102 Å². The molecule has 0 saturated heterocycles. The molecule has 0 atom stereocenters. The molecular formula is C11H11N3O2S. The highest BCUT2D eigenvalue weighted by Gasteiger charge is 2.06. The number of nitrogens with one attached hydrogen (secondary N) is 1. The van der Waals surface area contributed by atoms with E-state index < -0.39 is 0 Å². The van der Waals surface area contributed by atoms with E-state index in [1.165, 1.54) is 29.8 Å². The molecule has 0 aliphatic rings. The van der Waals surface area contributed by atoms with Gasteiger partial charge in [-0.1, -0.05) is 0 Å². The molecule has 0 aromatic carbocycles. The molecule has 6 heteroatoms. The van der Waals surface area contributed by atoms with Crippen molar-refractivity contribution in [2.75, 3.05) is 6.54 Å². The number of carbonyl (C=O) groups excluding carboxylic acids is 1. The summed E-state index contributed by atoms with van der Waals surface area (Å²) in [4.78, 5) is 19.5. The Kier molecular flexibility index (Phi) is 3.66. The van der Waals surface area contributed by atoms with Crippen molar-refractivity contribution >= 4 is 17.2 Å². The predicted molar refractivity (Wildman–Crippen MR) is 64.1 cm³/mol. The Morgan fingerprint density at radius 2 is 2.35 bits per heavy atom. The number of pyridine rings is 1. The van der Waals surface area contributed by atoms with E-state index in [1.807, 2.05) is 5.38 Å². The van der Waals surface area contributed by atoms with Gasteiger partial charge in [-0.05, 0) is 6.07 Å². The van der Waals surface area contributed by atoms with Gasteiger partial charge in [-0.2, -0.15) is 0 Å². The highest BCUT2D eigenvalue weighted by molar-refractivity contribution is 7.07. The van der Waals surface area contributed by atoms with Gasteiger partial charge < -0.3 is 10.4 Å². The number of thiazole rings is 1. The van der Waals surface area contributed by atoms with E-state index in [1.54, 1.807) is 5.51 Å². The average molecular weight is 249 g/mol. The lowest BCUT2D eigenvalue weighted by molar-refractivity contribution is 0.0953. The van der Waals surface area contributed by atoms with Crippen LogP contribution in [0, 0.1) is 0 Å². The number of hydrogen-bond acceptors (Lipinski definition) is 5. The number of rotatable bonds is 4. The van der Waals surface area contributed by atoms with E-state index in [0.29, 0.717) is 18.5 Å². The fourth-order valence-electron chi connectivity index (χ4n) is 1.32. The van der Waals surface area contributed by atoms with Crippen molar-refractivity contribution in [1.29, 1.82) is 0 Å². The minimum absolute atomic E-state index is 0.0165. The van der Waals surface area contributed by atoms with E-state index in [2.05, 4.69) is 15.3 Å². The molecule has 88 valence electrons. The Morgan fingerprint density at radius 3 is 3.06 bits per heavy atom. The van der Waals surface area contributed by atoms with Crippen LogP contribution in [0.1, 0.15) is 16.1 Å². The van der Waals surface area contributed by atoms with Crippen LogP contribution in [0.2, 0.25) is 0 Å². The van der Waals surface area contributed by atoms with Crippen molar-refractivity contribution in [3.05, 3.63) is 40.6 Å². The van der Waals surface area contributed by atoms with Crippen molar-refractivity contribution in [3.63, 3.8) is 0 Å². The number of aromatic hydroxyl groups is 1. The Morgan fingerprint density at radius 1 is 1.47 bits per heavy atom. The van der Waals surface area contributed by atoms with Crippen LogP contribution in [-0.2, 0) is 6.42 Å². The zero-order valence-electron chi connectivity index (χ0n) is 8.96. The summed E-state index contributed by atoms with van der Waals surface area (Å²) in [5.74, 6) is -0.263. The molecule has 0 aliphatic carbocycles. The summed E-state index contributed by atoms with van der Waals surface area (Å²) >= 11 is 1.53. The smallest absolute Gasteiger partial charge is 0.252 e. The van der Waals surface area contributed by atoms with Gasteiger partial charge >= 0.3 is 0 Å². The van der Waals surface area contributed by atoms with Crippen molar-refractivity contribution < 1.29 is 9.90 Å². The molecule has 0 radical (unpaired) electrons. The van der Waals surface area contributed by atoms with Gasteiger partial charge in [0, 0.05) is 24.5 Å². The predicted octanol–water partition coefficient (Wildman–Crippen LogP) is 1.22. The first kappa shape index (κ1) is 11.5. The average Bonchev–Trinajstić information content (AvgIpc) is 2.82. The molecule has 1 amide bonds. The van der Waals surface area contributed by atoms with E-state index in [0.717, 1.165) is 5.69 Å². The highest BCUT2D eigenvalue weighted by atomic mass is 32.1. The normalized spacial score (nSPS) is 10.1. The second-order valence-corrected chi connectivity index (χ2v) is 4.14. The van der Waals surface area contributed by atoms with Gasteiger partial charge in [0.05, 0.1) is 23.0 Å². The van der Waals surface area contributed by atoms with Gasteiger partial charge in [-0.3, -0.25) is 9.78 Å². The van der Waals surface area contributed by atoms with Crippen LogP contribution < -0.4 is 5.32 Å². The molecule has 0 bridgehead atoms. The van der Waals surface area contributed by atoms with Gasteiger partial charge in [0.25, 0.3) is 5.91 Å². The summed E-state index contributed by atoms with van der Waals surface area (Å²) in [5, 5.41) is 13.9. The Hall–Kier alpha value is -1.95. The first-order chi connectivity index (χ1) is 8.25. The van der Waals surface area contributed by atoms with Crippen molar-refractivity contribution in [3.8, 4) is 5.75 Å². The second kappa shape index (κ2) is 5.40. The van der Waals surface area contributed by atoms with E-state index >= 15 is 0 Å². The maximum atomic E-state index is 11.6. The molecule has 17 heavy (non-hydrogen) atoms. The van der Waals surface area contributed by atoms with Gasteiger partial charge in [0.1, 0.15) is 5.75 Å². The van der Waals surface area contributed by atoms with Crippen LogP contribution in [0.5, 0.6) is 5.75 Å². The van der Waals surface area contributed by atoms with Gasteiger partial charge in [0.15, 0.2) is 0 Å². The summed E-state index contributed by atoms with van der Waals surface area (Å²) < 4.78 is 0. The lowest BCUT2D eigenvalue weighted by Gasteiger charge is -2.03. The highest BCUT2D eigenvalue weighted by Crippen LogP contribution is 2.08. The van der Waals surface area contributed by atoms with Gasteiger partial charge in [-0.25, -0.2) is 4.98 Å². The molecule has 2 heterocycles. The zero-order chi connectivity index (χ0) is 12.1. The molecule has 2 rings (SSSR count). The molecule has 0 fully saturated rings. The molecule has 2 N–H and O–H groups in total. The summed E-state index contributed by atoms with van der Waals surface area (Å²) in [6.45, 7) is 0.512. The van der Waals surface area contributed by atoms with Crippen LogP contribution in [0.15, 0.2) is 29.4 Å². The largest absolute Gasteiger partial charge is 0.506 e. The quantitative estimate of drug-likeness (QED) is 0.854. The van der Waals surface area contributed by atoms with E-state index in [4.69, 9.17) is 0 Å². The third-order valence-electron chi connectivity index (χ3n) is 2.14. The van der Waals surface area contributed by atoms with Crippen LogP contribution in [0.4, 0.5) is 0 Å². The summed E-state index contributed by atoms with van der Waals surface area (Å²) in [5.41, 5.74) is 3.07. The van der Waals surface area contributed by atoms with Crippen LogP contribution in [0.25, 0.3) is 0 Å². The first-order valence-corrected chi connectivity index (χ1v) is 5.99. The second-order valence-electron chi connectivity index (χ2n) is 3.42. The maximum Gasteiger partial charge on any atom is 0.252 e. The summed E-state index contributed by atoms with van der Waals surface area (Å²) in [6.07, 6.45) is 3.39. The van der Waals surface area contributed by atoms with Crippen LogP contribution in [0.3, 0.4) is 0 Å². The topological polar surface area (TPSA) is 75.1 Å². The fraction of sp³-hybridized carbons (Fsp3) is 0.182. The number of aromatic nitrogens is 2. The zero-order valence-corrected chi connectivity index (χ0v) is 9.78. The monoisotopic (exact) mass is 249 g/mol. The number of amides is 1. The third-order valence-corrected chi connectivity index (χ3v) is 2.77. The van der Waals surface area contributed by atoms with Crippen molar-refractivity contribution in [1.82, 2.24) is 15.3 Å². The maximum absolute atomic E-state index is 11.6. The van der Waals surface area contributed by atoms with E-state index in [9.17, 15) is 9.90 Å². The molecular weight excluding hydrogens is 238 g/mol. The first-order valence-electron chi connectivity index (χ1n) is 5.05. The minimum atomic E-state index is -0.247. The number of hydrogen-bond donors (Lipinski definition) is 2. The fourth-order valence-corrected chi connectivity index (χ4v) is 1.91. The van der Waals surface area contributed by atoms with Crippen molar-refractivity contribution in [2.24, 2.45) is 0 Å². The Balaban J connectivity index is 1.85. The lowest BCUT2D eigenvalue weighted by atomic mass is 10.2. The van der Waals surface area contributed by atoms with Gasteiger partial charge in [-0.15, -0.1) is 11.3 Å².